The van der Waals surface area contributed by atoms with Gasteiger partial charge in [-0.2, -0.15) is 0 Å². The lowest BCUT2D eigenvalue weighted by molar-refractivity contribution is 0.0530. The Balaban J connectivity index is 2.12. The van der Waals surface area contributed by atoms with Crippen LogP contribution < -0.4 is 5.32 Å². The van der Waals surface area contributed by atoms with Crippen molar-refractivity contribution in [1.29, 1.82) is 0 Å². The van der Waals surface area contributed by atoms with Crippen LogP contribution in [0.4, 0.5) is 0 Å². The van der Waals surface area contributed by atoms with Crippen molar-refractivity contribution in [2.75, 3.05) is 13.1 Å². The summed E-state index contributed by atoms with van der Waals surface area (Å²) < 4.78 is 1.24. The molecule has 1 aliphatic heterocycles. The van der Waals surface area contributed by atoms with Crippen LogP contribution in [0.3, 0.4) is 0 Å². The Hall–Kier alpha value is 0.1000. The van der Waals surface area contributed by atoms with E-state index >= 15 is 0 Å². The lowest BCUT2D eigenvalue weighted by Gasteiger charge is -2.46. The quantitative estimate of drug-likeness (QED) is 0.820. The van der Waals surface area contributed by atoms with Crippen LogP contribution in [-0.4, -0.2) is 30.1 Å². The third kappa shape index (κ3) is 4.54. The van der Waals surface area contributed by atoms with Gasteiger partial charge < -0.3 is 5.32 Å². The van der Waals surface area contributed by atoms with Gasteiger partial charge in [0.2, 0.25) is 0 Å². The average molecular weight is 373 g/mol. The highest BCUT2D eigenvalue weighted by Gasteiger charge is 2.35. The maximum absolute atomic E-state index is 3.80. The number of rotatable bonds is 4. The molecule has 120 valence electrons. The van der Waals surface area contributed by atoms with Gasteiger partial charge in [0.25, 0.3) is 0 Å². The zero-order chi connectivity index (χ0) is 15.6. The Morgan fingerprint density at radius 1 is 1.43 bits per heavy atom. The van der Waals surface area contributed by atoms with Crippen molar-refractivity contribution in [3.8, 4) is 0 Å². The van der Waals surface area contributed by atoms with Crippen molar-refractivity contribution in [2.24, 2.45) is 11.3 Å². The van der Waals surface area contributed by atoms with Crippen molar-refractivity contribution < 1.29 is 0 Å². The van der Waals surface area contributed by atoms with E-state index in [4.69, 9.17) is 0 Å². The lowest BCUT2D eigenvalue weighted by atomic mass is 9.83. The Bertz CT molecular complexity index is 452. The molecular formula is C17H29BrN2S. The summed E-state index contributed by atoms with van der Waals surface area (Å²) in [6, 6.07) is 5.65. The Morgan fingerprint density at radius 2 is 2.14 bits per heavy atom. The monoisotopic (exact) mass is 372 g/mol. The first-order valence-corrected chi connectivity index (χ1v) is 9.64. The summed E-state index contributed by atoms with van der Waals surface area (Å²) in [5.41, 5.74) is 0.314. The molecular weight excluding hydrogens is 344 g/mol. The van der Waals surface area contributed by atoms with Crippen LogP contribution in [0.15, 0.2) is 15.9 Å². The van der Waals surface area contributed by atoms with Crippen LogP contribution in [0.25, 0.3) is 0 Å². The Labute approximate surface area is 142 Å². The zero-order valence-corrected chi connectivity index (χ0v) is 16.4. The van der Waals surface area contributed by atoms with E-state index in [9.17, 15) is 0 Å². The van der Waals surface area contributed by atoms with Crippen LogP contribution in [0.1, 0.15) is 45.9 Å². The van der Waals surface area contributed by atoms with Gasteiger partial charge in [0, 0.05) is 36.6 Å². The minimum absolute atomic E-state index is 0.314. The summed E-state index contributed by atoms with van der Waals surface area (Å²) in [5.74, 6) is 0.738. The topological polar surface area (TPSA) is 15.3 Å². The Kier molecular flexibility index (Phi) is 5.91. The number of nitrogens with zero attached hydrogens (tertiary/aromatic N) is 1. The fourth-order valence-corrected chi connectivity index (χ4v) is 4.57. The molecule has 1 aliphatic rings. The molecule has 2 nitrogen and oxygen atoms in total. The van der Waals surface area contributed by atoms with E-state index < -0.39 is 0 Å². The minimum atomic E-state index is 0.314. The van der Waals surface area contributed by atoms with Crippen molar-refractivity contribution in [2.45, 2.75) is 59.7 Å². The predicted molar refractivity (Wildman–Crippen MR) is 96.9 cm³/mol. The molecule has 2 rings (SSSR count). The van der Waals surface area contributed by atoms with E-state index in [1.807, 2.05) is 11.3 Å². The van der Waals surface area contributed by atoms with E-state index in [1.165, 1.54) is 15.1 Å². The fourth-order valence-electron chi connectivity index (χ4n) is 3.06. The highest BCUT2D eigenvalue weighted by Crippen LogP contribution is 2.30. The van der Waals surface area contributed by atoms with Crippen LogP contribution in [-0.2, 0) is 6.54 Å². The Morgan fingerprint density at radius 3 is 2.67 bits per heavy atom. The first-order chi connectivity index (χ1) is 9.81. The molecule has 1 fully saturated rings. The van der Waals surface area contributed by atoms with Crippen LogP contribution in [0.2, 0.25) is 0 Å². The van der Waals surface area contributed by atoms with Gasteiger partial charge in [-0.15, -0.1) is 11.3 Å². The molecule has 0 spiro atoms. The molecule has 21 heavy (non-hydrogen) atoms. The van der Waals surface area contributed by atoms with Crippen molar-refractivity contribution in [3.05, 3.63) is 20.8 Å². The van der Waals surface area contributed by atoms with E-state index in [0.29, 0.717) is 17.5 Å². The molecule has 0 radical (unpaired) electrons. The summed E-state index contributed by atoms with van der Waals surface area (Å²) >= 11 is 5.45. The smallest absolute Gasteiger partial charge is 0.0701 e. The SMILES string of the molecule is CCC(C)C1CNC(C(C)(C)C)CN1Cc1ccc(Br)s1. The number of nitrogens with one attached hydrogen (secondary N) is 1. The molecule has 1 N–H and O–H groups in total. The second-order valence-electron chi connectivity index (χ2n) is 7.42. The molecule has 1 aromatic rings. The summed E-state index contributed by atoms with van der Waals surface area (Å²) in [6.45, 7) is 15.1. The molecule has 1 saturated heterocycles. The van der Waals surface area contributed by atoms with Gasteiger partial charge in [-0.3, -0.25) is 4.90 Å². The van der Waals surface area contributed by atoms with Gasteiger partial charge in [0.1, 0.15) is 0 Å². The molecule has 4 heteroatoms. The molecule has 3 unspecified atom stereocenters. The number of piperazine rings is 1. The van der Waals surface area contributed by atoms with E-state index in [2.05, 4.69) is 72.9 Å². The van der Waals surface area contributed by atoms with Gasteiger partial charge in [-0.25, -0.2) is 0 Å². The van der Waals surface area contributed by atoms with Gasteiger partial charge in [-0.1, -0.05) is 41.0 Å². The molecule has 2 heterocycles. The van der Waals surface area contributed by atoms with Crippen molar-refractivity contribution in [3.63, 3.8) is 0 Å². The van der Waals surface area contributed by atoms with Gasteiger partial charge >= 0.3 is 0 Å². The average Bonchev–Trinajstić information content (AvgIpc) is 2.82. The molecule has 1 aromatic heterocycles. The van der Waals surface area contributed by atoms with Crippen molar-refractivity contribution >= 4 is 27.3 Å². The largest absolute Gasteiger partial charge is 0.311 e. The first-order valence-electron chi connectivity index (χ1n) is 8.03. The highest BCUT2D eigenvalue weighted by molar-refractivity contribution is 9.11. The molecule has 0 aromatic carbocycles. The summed E-state index contributed by atoms with van der Waals surface area (Å²) in [5, 5.41) is 3.80. The number of hydrogen-bond acceptors (Lipinski definition) is 3. The van der Waals surface area contributed by atoms with Crippen LogP contribution >= 0.6 is 27.3 Å². The third-order valence-electron chi connectivity index (χ3n) is 4.79. The lowest BCUT2D eigenvalue weighted by Crippen LogP contribution is -2.61. The van der Waals surface area contributed by atoms with E-state index in [1.54, 1.807) is 0 Å². The molecule has 0 saturated carbocycles. The van der Waals surface area contributed by atoms with Crippen LogP contribution in [0.5, 0.6) is 0 Å². The predicted octanol–water partition coefficient (Wildman–Crippen LogP) is 4.75. The maximum atomic E-state index is 3.80. The summed E-state index contributed by atoms with van der Waals surface area (Å²) in [4.78, 5) is 4.17. The van der Waals surface area contributed by atoms with Crippen molar-refractivity contribution in [1.82, 2.24) is 10.2 Å². The zero-order valence-electron chi connectivity index (χ0n) is 13.9. The fraction of sp³-hybridized carbons (Fsp3) is 0.765. The molecule has 0 aliphatic carbocycles. The summed E-state index contributed by atoms with van der Waals surface area (Å²) in [7, 11) is 0. The first kappa shape index (κ1) is 17.5. The van der Waals surface area contributed by atoms with Gasteiger partial charge in [0.05, 0.1) is 3.79 Å². The van der Waals surface area contributed by atoms with Gasteiger partial charge in [-0.05, 0) is 39.4 Å². The van der Waals surface area contributed by atoms with Gasteiger partial charge in [0.15, 0.2) is 0 Å². The standard InChI is InChI=1S/C17H29BrN2S/c1-6-12(2)14-9-19-15(17(3,4)5)11-20(14)10-13-7-8-16(18)21-13/h7-8,12,14-15,19H,6,9-11H2,1-5H3. The third-order valence-corrected chi connectivity index (χ3v) is 6.40. The normalized spacial score (nSPS) is 26.0. The highest BCUT2D eigenvalue weighted by atomic mass is 79.9. The number of hydrogen-bond donors (Lipinski definition) is 1. The molecule has 0 bridgehead atoms. The minimum Gasteiger partial charge on any atom is -0.311 e. The second-order valence-corrected chi connectivity index (χ2v) is 9.96. The number of halogens is 1. The van der Waals surface area contributed by atoms with E-state index in [-0.39, 0.29) is 0 Å². The molecule has 0 amide bonds. The number of thiophene rings is 1. The maximum Gasteiger partial charge on any atom is 0.0701 e. The summed E-state index contributed by atoms with van der Waals surface area (Å²) in [6.07, 6.45) is 1.25. The second kappa shape index (κ2) is 7.12. The van der Waals surface area contributed by atoms with E-state index in [0.717, 1.165) is 25.6 Å². The molecule has 3 atom stereocenters. The van der Waals surface area contributed by atoms with Crippen LogP contribution in [0, 0.1) is 11.3 Å².